The second-order valence-electron chi connectivity index (χ2n) is 7.46. The van der Waals surface area contributed by atoms with Gasteiger partial charge in [-0.3, -0.25) is 15.1 Å². The van der Waals surface area contributed by atoms with Gasteiger partial charge >= 0.3 is 6.09 Å². The lowest BCUT2D eigenvalue weighted by Crippen LogP contribution is -2.35. The third-order valence-corrected chi connectivity index (χ3v) is 5.50. The quantitative estimate of drug-likeness (QED) is 0.440. The van der Waals surface area contributed by atoms with Crippen LogP contribution in [0.5, 0.6) is 0 Å². The van der Waals surface area contributed by atoms with Crippen LogP contribution in [0.4, 0.5) is 21.9 Å². The summed E-state index contributed by atoms with van der Waals surface area (Å²) in [6.07, 6.45) is 4.89. The van der Waals surface area contributed by atoms with Gasteiger partial charge in [0.1, 0.15) is 0 Å². The molecule has 1 aliphatic rings. The lowest BCUT2D eigenvalue weighted by atomic mass is 9.97. The van der Waals surface area contributed by atoms with Crippen molar-refractivity contribution in [1.82, 2.24) is 4.98 Å². The van der Waals surface area contributed by atoms with Crippen LogP contribution in [-0.2, 0) is 4.74 Å². The largest absolute Gasteiger partial charge is 0.449 e. The van der Waals surface area contributed by atoms with Gasteiger partial charge in [0.05, 0.1) is 18.0 Å². The van der Waals surface area contributed by atoms with Gasteiger partial charge in [-0.15, -0.1) is 0 Å². The van der Waals surface area contributed by atoms with E-state index in [2.05, 4.69) is 20.5 Å². The third-order valence-electron chi connectivity index (χ3n) is 5.30. The normalized spacial score (nSPS) is 13.4. The molecule has 0 spiro atoms. The van der Waals surface area contributed by atoms with Crippen molar-refractivity contribution in [3.63, 3.8) is 0 Å². The monoisotopic (exact) mass is 484 g/mol. The standard InChI is InChI=1S/C23H23ClN4O4.C2H6/c24-21-6-5-20(32-21)22(29)26-18-3-1-2-4-19(18)27-23(30)31-15-16-9-13-28(14-10-16)17-7-11-25-12-8-17;1-2/h1-8,11-12,16H,9-10,13-15H2,(H,26,29)(H,27,30);1-2H3. The summed E-state index contributed by atoms with van der Waals surface area (Å²) in [6, 6.07) is 13.8. The van der Waals surface area contributed by atoms with Gasteiger partial charge in [0.2, 0.25) is 0 Å². The van der Waals surface area contributed by atoms with E-state index in [1.165, 1.54) is 12.1 Å². The number of nitrogens with zero attached hydrogens (tertiary/aromatic N) is 2. The molecule has 1 saturated heterocycles. The Morgan fingerprint density at radius 3 is 2.29 bits per heavy atom. The van der Waals surface area contributed by atoms with Crippen LogP contribution in [0, 0.1) is 5.92 Å². The number of hydrogen-bond acceptors (Lipinski definition) is 6. The Balaban J connectivity index is 0.00000158. The topological polar surface area (TPSA) is 96.7 Å². The summed E-state index contributed by atoms with van der Waals surface area (Å²) in [5.41, 5.74) is 2.01. The Hall–Kier alpha value is -3.52. The van der Waals surface area contributed by atoms with Crippen molar-refractivity contribution >= 4 is 40.7 Å². The van der Waals surface area contributed by atoms with Crippen LogP contribution in [0.25, 0.3) is 0 Å². The number of aromatic nitrogens is 1. The molecule has 2 amide bonds. The van der Waals surface area contributed by atoms with Crippen molar-refractivity contribution in [1.29, 1.82) is 0 Å². The van der Waals surface area contributed by atoms with Crippen molar-refractivity contribution in [3.8, 4) is 0 Å². The van der Waals surface area contributed by atoms with Crippen LogP contribution in [0.2, 0.25) is 5.22 Å². The predicted octanol–water partition coefficient (Wildman–Crippen LogP) is 6.07. The van der Waals surface area contributed by atoms with Crippen molar-refractivity contribution in [3.05, 3.63) is 71.9 Å². The number of para-hydroxylation sites is 2. The summed E-state index contributed by atoms with van der Waals surface area (Å²) in [4.78, 5) is 31.0. The van der Waals surface area contributed by atoms with Crippen molar-refractivity contribution in [2.24, 2.45) is 5.92 Å². The maximum atomic E-state index is 12.4. The van der Waals surface area contributed by atoms with Gasteiger partial charge in [0.15, 0.2) is 11.0 Å². The smallest absolute Gasteiger partial charge is 0.411 e. The summed E-state index contributed by atoms with van der Waals surface area (Å²) in [6.45, 7) is 6.16. The van der Waals surface area contributed by atoms with E-state index in [9.17, 15) is 9.59 Å². The molecule has 0 saturated carbocycles. The average molecular weight is 485 g/mol. The number of furan rings is 1. The minimum Gasteiger partial charge on any atom is -0.449 e. The molecule has 1 aliphatic heterocycles. The number of hydrogen-bond donors (Lipinski definition) is 2. The molecule has 8 nitrogen and oxygen atoms in total. The Morgan fingerprint density at radius 2 is 1.68 bits per heavy atom. The number of rotatable bonds is 6. The summed E-state index contributed by atoms with van der Waals surface area (Å²) < 4.78 is 10.6. The molecular weight excluding hydrogens is 456 g/mol. The molecule has 2 aromatic heterocycles. The molecule has 1 aromatic carbocycles. The van der Waals surface area contributed by atoms with E-state index >= 15 is 0 Å². The fraction of sp³-hybridized carbons (Fsp3) is 0.320. The molecule has 0 atom stereocenters. The molecule has 0 radical (unpaired) electrons. The first-order valence-corrected chi connectivity index (χ1v) is 11.7. The Kier molecular flexibility index (Phi) is 9.34. The summed E-state index contributed by atoms with van der Waals surface area (Å²) in [7, 11) is 0. The predicted molar refractivity (Wildman–Crippen MR) is 134 cm³/mol. The molecule has 3 aromatic rings. The highest BCUT2D eigenvalue weighted by atomic mass is 35.5. The second-order valence-corrected chi connectivity index (χ2v) is 7.84. The fourth-order valence-corrected chi connectivity index (χ4v) is 3.72. The SMILES string of the molecule is CC.O=C(Nc1ccccc1NC(=O)c1ccc(Cl)o1)OCC1CCN(c2ccncc2)CC1. The lowest BCUT2D eigenvalue weighted by Gasteiger charge is -2.33. The van der Waals surface area contributed by atoms with Gasteiger partial charge < -0.3 is 19.4 Å². The molecule has 2 N–H and O–H groups in total. The molecule has 180 valence electrons. The molecule has 3 heterocycles. The third kappa shape index (κ3) is 6.99. The van der Waals surface area contributed by atoms with Crippen LogP contribution in [0.15, 0.2) is 65.3 Å². The van der Waals surface area contributed by atoms with Gasteiger partial charge in [-0.2, -0.15) is 0 Å². The van der Waals surface area contributed by atoms with Gasteiger partial charge in [-0.25, -0.2) is 4.79 Å². The van der Waals surface area contributed by atoms with E-state index in [4.69, 9.17) is 20.8 Å². The van der Waals surface area contributed by atoms with Gasteiger partial charge in [-0.1, -0.05) is 26.0 Å². The number of amides is 2. The highest BCUT2D eigenvalue weighted by molar-refractivity contribution is 6.29. The maximum absolute atomic E-state index is 12.4. The van der Waals surface area contributed by atoms with E-state index in [1.54, 1.807) is 36.7 Å². The molecule has 34 heavy (non-hydrogen) atoms. The van der Waals surface area contributed by atoms with Crippen molar-refractivity contribution in [2.45, 2.75) is 26.7 Å². The molecule has 0 bridgehead atoms. The number of nitrogens with one attached hydrogen (secondary N) is 2. The number of ether oxygens (including phenoxy) is 1. The minimum absolute atomic E-state index is 0.0745. The number of halogens is 1. The number of carbonyl (C=O) groups excluding carboxylic acids is 2. The van der Waals surface area contributed by atoms with Crippen LogP contribution < -0.4 is 15.5 Å². The van der Waals surface area contributed by atoms with E-state index in [0.717, 1.165) is 31.6 Å². The fourth-order valence-electron chi connectivity index (χ4n) is 3.57. The van der Waals surface area contributed by atoms with E-state index in [-0.39, 0.29) is 11.0 Å². The minimum atomic E-state index is -0.565. The van der Waals surface area contributed by atoms with Gasteiger partial charge in [-0.05, 0) is 66.8 Å². The zero-order valence-corrected chi connectivity index (χ0v) is 20.0. The molecule has 0 aliphatic carbocycles. The number of benzene rings is 1. The number of anilines is 3. The summed E-state index contributed by atoms with van der Waals surface area (Å²) >= 11 is 5.72. The first-order valence-electron chi connectivity index (χ1n) is 11.3. The maximum Gasteiger partial charge on any atom is 0.411 e. The summed E-state index contributed by atoms with van der Waals surface area (Å²) in [5.74, 6) is -0.0940. The molecule has 1 fully saturated rings. The van der Waals surface area contributed by atoms with Gasteiger partial charge in [0.25, 0.3) is 5.91 Å². The Morgan fingerprint density at radius 1 is 1.03 bits per heavy atom. The van der Waals surface area contributed by atoms with Gasteiger partial charge in [0, 0.05) is 31.2 Å². The number of piperidine rings is 1. The van der Waals surface area contributed by atoms with Crippen LogP contribution in [-0.4, -0.2) is 36.7 Å². The zero-order valence-electron chi connectivity index (χ0n) is 19.3. The van der Waals surface area contributed by atoms with E-state index in [1.807, 2.05) is 26.0 Å². The molecular formula is C25H29ClN4O4. The zero-order chi connectivity index (χ0) is 24.3. The molecule has 0 unspecified atom stereocenters. The van der Waals surface area contributed by atoms with E-state index < -0.39 is 12.0 Å². The summed E-state index contributed by atoms with van der Waals surface area (Å²) in [5, 5.41) is 5.52. The highest BCUT2D eigenvalue weighted by Gasteiger charge is 2.21. The average Bonchev–Trinajstić information content (AvgIpc) is 3.32. The van der Waals surface area contributed by atoms with Crippen LogP contribution in [0.3, 0.4) is 0 Å². The highest BCUT2D eigenvalue weighted by Crippen LogP contribution is 2.25. The van der Waals surface area contributed by atoms with Crippen LogP contribution >= 0.6 is 11.6 Å². The second kappa shape index (κ2) is 12.6. The first kappa shape index (κ1) is 25.1. The lowest BCUT2D eigenvalue weighted by molar-refractivity contribution is 0.0996. The molecule has 4 rings (SSSR count). The van der Waals surface area contributed by atoms with Crippen LogP contribution in [0.1, 0.15) is 37.2 Å². The van der Waals surface area contributed by atoms with Crippen molar-refractivity contribution < 1.29 is 18.7 Å². The first-order chi connectivity index (χ1) is 16.6. The number of carbonyl (C=O) groups is 2. The molecule has 9 heteroatoms. The Bertz CT molecular complexity index is 1070. The van der Waals surface area contributed by atoms with Crippen molar-refractivity contribution in [2.75, 3.05) is 35.2 Å². The number of pyridine rings is 1. The Labute approximate surface area is 204 Å². The van der Waals surface area contributed by atoms with E-state index in [0.29, 0.717) is 23.9 Å².